The van der Waals surface area contributed by atoms with E-state index in [4.69, 9.17) is 0 Å². The van der Waals surface area contributed by atoms with Crippen molar-refractivity contribution in [3.63, 3.8) is 0 Å². The van der Waals surface area contributed by atoms with Crippen LogP contribution in [0.2, 0.25) is 0 Å². The third kappa shape index (κ3) is 3.29. The normalized spacial score (nSPS) is 20.4. The predicted molar refractivity (Wildman–Crippen MR) is 109 cm³/mol. The molecule has 6 nitrogen and oxygen atoms in total. The Morgan fingerprint density at radius 2 is 2.07 bits per heavy atom. The molecule has 0 saturated heterocycles. The molecule has 0 bridgehead atoms. The molecule has 3 aromatic rings. The maximum Gasteiger partial charge on any atom is 0.291 e. The minimum Gasteiger partial charge on any atom is -0.351 e. The zero-order valence-electron chi connectivity index (χ0n) is 16.1. The van der Waals surface area contributed by atoms with E-state index in [0.29, 0.717) is 17.9 Å². The molecule has 1 aliphatic rings. The summed E-state index contributed by atoms with van der Waals surface area (Å²) in [6.07, 6.45) is 5.24. The van der Waals surface area contributed by atoms with E-state index < -0.39 is 0 Å². The number of hydrogen-bond acceptors (Lipinski definition) is 4. The topological polar surface area (TPSA) is 68.4 Å². The Hall–Kier alpha value is -2.15. The number of aromatic nitrogens is 3. The number of thiophene rings is 1. The van der Waals surface area contributed by atoms with Crippen LogP contribution in [0.3, 0.4) is 0 Å². The van der Waals surface area contributed by atoms with Crippen molar-refractivity contribution in [3.8, 4) is 0 Å². The third-order valence-corrected chi connectivity index (χ3v) is 6.61. The Kier molecular flexibility index (Phi) is 4.80. The van der Waals surface area contributed by atoms with Gasteiger partial charge < -0.3 is 5.32 Å². The molecule has 1 saturated carbocycles. The summed E-state index contributed by atoms with van der Waals surface area (Å²) >= 11 is 1.67. The molecule has 2 atom stereocenters. The predicted octanol–water partition coefficient (Wildman–Crippen LogP) is 3.28. The SMILES string of the molecule is CCc1nn(CC(=O)N[C@@H]2CCCC[C@H]2C)c(=O)c2cc3sc(C)cc3n12. The second-order valence-electron chi connectivity index (χ2n) is 7.64. The monoisotopic (exact) mass is 386 g/mol. The van der Waals surface area contributed by atoms with Crippen molar-refractivity contribution >= 4 is 33.0 Å². The maximum absolute atomic E-state index is 12.9. The maximum atomic E-state index is 12.9. The first-order chi connectivity index (χ1) is 13.0. The number of fused-ring (bicyclic) bond motifs is 3. The molecule has 0 radical (unpaired) electrons. The van der Waals surface area contributed by atoms with Crippen LogP contribution in [0.5, 0.6) is 0 Å². The molecule has 7 heteroatoms. The standard InChI is InChI=1S/C20H26N4O2S/c1-4-18-22-23(11-19(25)21-14-8-6-5-7-12(14)2)20(26)16-10-17-15(24(16)18)9-13(3)27-17/h9-10,12,14H,4-8,11H2,1-3H3,(H,21,25)/t12-,14-/m1/s1. The molecule has 3 heterocycles. The van der Waals surface area contributed by atoms with Gasteiger partial charge in [-0.25, -0.2) is 4.68 Å². The van der Waals surface area contributed by atoms with Crippen LogP contribution in [-0.2, 0) is 17.8 Å². The molecular formula is C20H26N4O2S. The molecule has 0 aromatic carbocycles. The van der Waals surface area contributed by atoms with Crippen LogP contribution in [0.15, 0.2) is 16.9 Å². The van der Waals surface area contributed by atoms with Gasteiger partial charge in [0.2, 0.25) is 5.91 Å². The van der Waals surface area contributed by atoms with E-state index >= 15 is 0 Å². The van der Waals surface area contributed by atoms with Crippen LogP contribution in [0.1, 0.15) is 50.2 Å². The molecule has 0 unspecified atom stereocenters. The van der Waals surface area contributed by atoms with E-state index in [1.54, 1.807) is 11.3 Å². The van der Waals surface area contributed by atoms with Crippen molar-refractivity contribution in [2.45, 2.75) is 65.5 Å². The van der Waals surface area contributed by atoms with Crippen LogP contribution in [-0.4, -0.2) is 26.1 Å². The Bertz CT molecular complexity index is 1060. The van der Waals surface area contributed by atoms with E-state index in [1.165, 1.54) is 16.0 Å². The second kappa shape index (κ2) is 7.11. The summed E-state index contributed by atoms with van der Waals surface area (Å²) in [7, 11) is 0. The number of carbonyl (C=O) groups excluding carboxylic acids is 1. The van der Waals surface area contributed by atoms with E-state index in [1.807, 2.05) is 17.4 Å². The molecule has 0 spiro atoms. The van der Waals surface area contributed by atoms with Gasteiger partial charge in [0.1, 0.15) is 17.9 Å². The molecule has 1 amide bonds. The largest absolute Gasteiger partial charge is 0.351 e. The quantitative estimate of drug-likeness (QED) is 0.748. The fourth-order valence-electron chi connectivity index (χ4n) is 4.17. The summed E-state index contributed by atoms with van der Waals surface area (Å²) in [5, 5.41) is 7.63. The van der Waals surface area contributed by atoms with Gasteiger partial charge >= 0.3 is 0 Å². The van der Waals surface area contributed by atoms with E-state index in [0.717, 1.165) is 35.3 Å². The zero-order valence-corrected chi connectivity index (χ0v) is 16.9. The highest BCUT2D eigenvalue weighted by Crippen LogP contribution is 2.28. The lowest BCUT2D eigenvalue weighted by Gasteiger charge is -2.29. The molecule has 0 aliphatic heterocycles. The minimum absolute atomic E-state index is 0.0244. The molecule has 1 N–H and O–H groups in total. The summed E-state index contributed by atoms with van der Waals surface area (Å²) in [4.78, 5) is 26.7. The van der Waals surface area contributed by atoms with Crippen molar-refractivity contribution < 1.29 is 4.79 Å². The van der Waals surface area contributed by atoms with Gasteiger partial charge in [0.25, 0.3) is 5.56 Å². The van der Waals surface area contributed by atoms with Gasteiger partial charge in [-0.05, 0) is 37.8 Å². The van der Waals surface area contributed by atoms with Gasteiger partial charge in [-0.1, -0.05) is 26.7 Å². The van der Waals surface area contributed by atoms with Gasteiger partial charge in [0.05, 0.1) is 10.2 Å². The van der Waals surface area contributed by atoms with Crippen molar-refractivity contribution in [1.82, 2.24) is 19.5 Å². The van der Waals surface area contributed by atoms with Gasteiger partial charge in [-0.2, -0.15) is 5.10 Å². The Balaban J connectivity index is 1.66. The first kappa shape index (κ1) is 18.2. The summed E-state index contributed by atoms with van der Waals surface area (Å²) in [5.41, 5.74) is 1.42. The molecule has 144 valence electrons. The van der Waals surface area contributed by atoms with Crippen molar-refractivity contribution in [2.75, 3.05) is 0 Å². The van der Waals surface area contributed by atoms with Gasteiger partial charge in [-0.3, -0.25) is 14.0 Å². The highest BCUT2D eigenvalue weighted by molar-refractivity contribution is 7.19. The summed E-state index contributed by atoms with van der Waals surface area (Å²) in [6, 6.07) is 4.22. The molecule has 27 heavy (non-hydrogen) atoms. The number of amides is 1. The summed E-state index contributed by atoms with van der Waals surface area (Å²) < 4.78 is 4.35. The highest BCUT2D eigenvalue weighted by atomic mass is 32.1. The Morgan fingerprint density at radius 1 is 1.30 bits per heavy atom. The Labute approximate surface area is 162 Å². The second-order valence-corrected chi connectivity index (χ2v) is 8.93. The zero-order chi connectivity index (χ0) is 19.1. The highest BCUT2D eigenvalue weighted by Gasteiger charge is 2.23. The van der Waals surface area contributed by atoms with Crippen molar-refractivity contribution in [1.29, 1.82) is 0 Å². The lowest BCUT2D eigenvalue weighted by molar-refractivity contribution is -0.123. The lowest BCUT2D eigenvalue weighted by Crippen LogP contribution is -2.44. The molecule has 1 aliphatic carbocycles. The van der Waals surface area contributed by atoms with Crippen LogP contribution >= 0.6 is 11.3 Å². The Morgan fingerprint density at radius 3 is 2.81 bits per heavy atom. The minimum atomic E-state index is -0.208. The number of nitrogens with zero attached hydrogens (tertiary/aromatic N) is 3. The van der Waals surface area contributed by atoms with Crippen LogP contribution < -0.4 is 10.9 Å². The smallest absolute Gasteiger partial charge is 0.291 e. The van der Waals surface area contributed by atoms with E-state index in [9.17, 15) is 9.59 Å². The average molecular weight is 387 g/mol. The summed E-state index contributed by atoms with van der Waals surface area (Å²) in [5.74, 6) is 1.16. The van der Waals surface area contributed by atoms with Crippen molar-refractivity contribution in [2.24, 2.45) is 5.92 Å². The molecule has 1 fully saturated rings. The number of hydrogen-bond donors (Lipinski definition) is 1. The van der Waals surface area contributed by atoms with E-state index in [2.05, 4.69) is 30.3 Å². The lowest BCUT2D eigenvalue weighted by atomic mass is 9.86. The first-order valence-electron chi connectivity index (χ1n) is 9.79. The fourth-order valence-corrected chi connectivity index (χ4v) is 5.11. The molecule has 4 rings (SSSR count). The number of rotatable bonds is 4. The van der Waals surface area contributed by atoms with Crippen LogP contribution in [0.25, 0.3) is 15.7 Å². The average Bonchev–Trinajstić information content (AvgIpc) is 3.16. The van der Waals surface area contributed by atoms with Gasteiger partial charge in [0, 0.05) is 17.3 Å². The van der Waals surface area contributed by atoms with Crippen LogP contribution in [0, 0.1) is 12.8 Å². The number of nitrogens with one attached hydrogen (secondary N) is 1. The van der Waals surface area contributed by atoms with Crippen molar-refractivity contribution in [3.05, 3.63) is 33.2 Å². The summed E-state index contributed by atoms with van der Waals surface area (Å²) in [6.45, 7) is 6.24. The molecule has 3 aromatic heterocycles. The van der Waals surface area contributed by atoms with E-state index in [-0.39, 0.29) is 24.1 Å². The fraction of sp³-hybridized carbons (Fsp3) is 0.550. The first-order valence-corrected chi connectivity index (χ1v) is 10.6. The van der Waals surface area contributed by atoms with Crippen LogP contribution in [0.4, 0.5) is 0 Å². The third-order valence-electron chi connectivity index (χ3n) is 5.63. The molecular weight excluding hydrogens is 360 g/mol. The number of aryl methyl sites for hydroxylation is 2. The van der Waals surface area contributed by atoms with Gasteiger partial charge in [0.15, 0.2) is 0 Å². The number of carbonyl (C=O) groups is 1. The van der Waals surface area contributed by atoms with Gasteiger partial charge in [-0.15, -0.1) is 11.3 Å².